The number of nitrogens with zero attached hydrogens (tertiary/aromatic N) is 3. The Hall–Kier alpha value is -2.50. The predicted molar refractivity (Wildman–Crippen MR) is 83.2 cm³/mol. The van der Waals surface area contributed by atoms with Crippen molar-refractivity contribution in [2.24, 2.45) is 0 Å². The van der Waals surface area contributed by atoms with Gasteiger partial charge in [-0.05, 0) is 6.07 Å². The highest BCUT2D eigenvalue weighted by molar-refractivity contribution is 5.64. The third kappa shape index (κ3) is 3.16. The molecule has 1 heterocycles. The summed E-state index contributed by atoms with van der Waals surface area (Å²) in [6.07, 6.45) is 1.52. The molecule has 1 N–H and O–H groups in total. The van der Waals surface area contributed by atoms with Crippen molar-refractivity contribution >= 4 is 11.6 Å². The lowest BCUT2D eigenvalue weighted by molar-refractivity contribution is 0.407. The van der Waals surface area contributed by atoms with Crippen LogP contribution in [-0.2, 0) is 6.54 Å². The van der Waals surface area contributed by atoms with Crippen molar-refractivity contribution in [2.45, 2.75) is 6.54 Å². The molecule has 1 aromatic carbocycles. The zero-order chi connectivity index (χ0) is 15.2. The minimum Gasteiger partial charge on any atom is -0.496 e. The van der Waals surface area contributed by atoms with Gasteiger partial charge in [0.1, 0.15) is 12.1 Å². The van der Waals surface area contributed by atoms with Gasteiger partial charge in [0.2, 0.25) is 5.75 Å². The average Bonchev–Trinajstić information content (AvgIpc) is 2.54. The summed E-state index contributed by atoms with van der Waals surface area (Å²) in [5.74, 6) is 2.86. The quantitative estimate of drug-likeness (QED) is 0.879. The maximum Gasteiger partial charge on any atom is 0.204 e. The van der Waals surface area contributed by atoms with E-state index in [1.54, 1.807) is 21.3 Å². The zero-order valence-electron chi connectivity index (χ0n) is 12.8. The fraction of sp³-hybridized carbons (Fsp3) is 0.333. The second kappa shape index (κ2) is 6.78. The second-order valence-electron chi connectivity index (χ2n) is 4.50. The van der Waals surface area contributed by atoms with Gasteiger partial charge < -0.3 is 19.7 Å². The molecule has 0 bridgehead atoms. The van der Waals surface area contributed by atoms with E-state index in [4.69, 9.17) is 9.47 Å². The summed E-state index contributed by atoms with van der Waals surface area (Å²) in [7, 11) is 7.04. The molecule has 0 radical (unpaired) electrons. The van der Waals surface area contributed by atoms with Gasteiger partial charge in [0.05, 0.1) is 14.2 Å². The van der Waals surface area contributed by atoms with E-state index in [1.165, 1.54) is 6.33 Å². The normalized spacial score (nSPS) is 10.1. The number of rotatable bonds is 6. The van der Waals surface area contributed by atoms with Crippen molar-refractivity contribution < 1.29 is 9.47 Å². The highest BCUT2D eigenvalue weighted by Gasteiger charge is 2.16. The molecule has 0 aliphatic rings. The van der Waals surface area contributed by atoms with Crippen molar-refractivity contribution in [1.82, 2.24) is 9.97 Å². The summed E-state index contributed by atoms with van der Waals surface area (Å²) in [5.41, 5.74) is 1.08. The monoisotopic (exact) mass is 288 g/mol. The summed E-state index contributed by atoms with van der Waals surface area (Å²) in [6, 6.07) is 7.91. The Morgan fingerprint density at radius 2 is 1.90 bits per heavy atom. The van der Waals surface area contributed by atoms with E-state index in [0.29, 0.717) is 18.1 Å². The van der Waals surface area contributed by atoms with Crippen molar-refractivity contribution in [3.05, 3.63) is 36.2 Å². The van der Waals surface area contributed by atoms with Gasteiger partial charge in [-0.3, -0.25) is 0 Å². The van der Waals surface area contributed by atoms with E-state index in [2.05, 4.69) is 15.3 Å². The summed E-state index contributed by atoms with van der Waals surface area (Å²) in [5, 5.41) is 3.00. The summed E-state index contributed by atoms with van der Waals surface area (Å²) in [6.45, 7) is 0.653. The second-order valence-corrected chi connectivity index (χ2v) is 4.50. The third-order valence-corrected chi connectivity index (χ3v) is 3.19. The third-order valence-electron chi connectivity index (χ3n) is 3.19. The molecule has 0 atom stereocenters. The first-order chi connectivity index (χ1) is 10.2. The van der Waals surface area contributed by atoms with Crippen LogP contribution in [0.15, 0.2) is 30.6 Å². The van der Waals surface area contributed by atoms with Crippen LogP contribution >= 0.6 is 0 Å². The van der Waals surface area contributed by atoms with Crippen LogP contribution in [0.2, 0.25) is 0 Å². The van der Waals surface area contributed by atoms with E-state index in [9.17, 15) is 0 Å². The summed E-state index contributed by atoms with van der Waals surface area (Å²) < 4.78 is 10.8. The number of methoxy groups -OCH3 is 2. The van der Waals surface area contributed by atoms with Crippen molar-refractivity contribution in [1.29, 1.82) is 0 Å². The van der Waals surface area contributed by atoms with Crippen LogP contribution in [0, 0.1) is 0 Å². The van der Waals surface area contributed by atoms with E-state index in [1.807, 2.05) is 36.2 Å². The van der Waals surface area contributed by atoms with Crippen LogP contribution in [0.25, 0.3) is 0 Å². The molecule has 2 rings (SSSR count). The predicted octanol–water partition coefficient (Wildman–Crippen LogP) is 2.17. The Balaban J connectivity index is 2.30. The lowest BCUT2D eigenvalue weighted by Gasteiger charge is -2.22. The van der Waals surface area contributed by atoms with Crippen LogP contribution in [0.3, 0.4) is 0 Å². The molecule has 0 saturated carbocycles. The van der Waals surface area contributed by atoms with E-state index < -0.39 is 0 Å². The Morgan fingerprint density at radius 1 is 1.14 bits per heavy atom. The minimum absolute atomic E-state index is 0.623. The van der Waals surface area contributed by atoms with Gasteiger partial charge in [0.15, 0.2) is 11.6 Å². The van der Waals surface area contributed by atoms with Crippen LogP contribution in [0.5, 0.6) is 11.5 Å². The fourth-order valence-corrected chi connectivity index (χ4v) is 2.17. The summed E-state index contributed by atoms with van der Waals surface area (Å²) >= 11 is 0. The number of ether oxygens (including phenoxy) is 2. The molecular formula is C15H20N4O2. The van der Waals surface area contributed by atoms with E-state index >= 15 is 0 Å². The number of hydrogen-bond acceptors (Lipinski definition) is 6. The van der Waals surface area contributed by atoms with Crippen molar-refractivity contribution in [3.8, 4) is 11.5 Å². The number of para-hydroxylation sites is 1. The number of aromatic nitrogens is 2. The maximum absolute atomic E-state index is 5.42. The first kappa shape index (κ1) is 14.9. The zero-order valence-corrected chi connectivity index (χ0v) is 12.8. The molecule has 21 heavy (non-hydrogen) atoms. The van der Waals surface area contributed by atoms with Crippen LogP contribution < -0.4 is 19.7 Å². The minimum atomic E-state index is 0.623. The lowest BCUT2D eigenvalue weighted by atomic mass is 10.2. The molecular weight excluding hydrogens is 268 g/mol. The fourth-order valence-electron chi connectivity index (χ4n) is 2.17. The molecule has 0 amide bonds. The molecule has 6 nitrogen and oxygen atoms in total. The molecule has 2 aromatic rings. The Kier molecular flexibility index (Phi) is 4.81. The number of benzene rings is 1. The van der Waals surface area contributed by atoms with Gasteiger partial charge in [-0.1, -0.05) is 18.2 Å². The molecule has 112 valence electrons. The van der Waals surface area contributed by atoms with Gasteiger partial charge in [-0.2, -0.15) is 0 Å². The first-order valence-corrected chi connectivity index (χ1v) is 6.61. The SMILES string of the molecule is CNc1ncnc(N(C)Cc2ccccc2OC)c1OC. The molecule has 0 aliphatic heterocycles. The highest BCUT2D eigenvalue weighted by atomic mass is 16.5. The van der Waals surface area contributed by atoms with Crippen LogP contribution in [-0.4, -0.2) is 38.3 Å². The van der Waals surface area contributed by atoms with Crippen LogP contribution in [0.4, 0.5) is 11.6 Å². The Morgan fingerprint density at radius 3 is 2.57 bits per heavy atom. The highest BCUT2D eigenvalue weighted by Crippen LogP contribution is 2.32. The lowest BCUT2D eigenvalue weighted by Crippen LogP contribution is -2.19. The molecule has 0 aliphatic carbocycles. The topological polar surface area (TPSA) is 59.5 Å². The molecule has 0 unspecified atom stereocenters. The molecule has 0 fully saturated rings. The number of anilines is 2. The molecule has 1 aromatic heterocycles. The van der Waals surface area contributed by atoms with Crippen LogP contribution in [0.1, 0.15) is 5.56 Å². The Labute approximate surface area is 124 Å². The average molecular weight is 288 g/mol. The van der Waals surface area contributed by atoms with E-state index in [-0.39, 0.29) is 0 Å². The molecule has 0 spiro atoms. The van der Waals surface area contributed by atoms with Gasteiger partial charge in [0.25, 0.3) is 0 Å². The maximum atomic E-state index is 5.42. The standard InChI is InChI=1S/C15H20N4O2/c1-16-14-13(21-4)15(18-10-17-14)19(2)9-11-7-5-6-8-12(11)20-3/h5-8,10H,9H2,1-4H3,(H,16,17,18). The molecule has 0 saturated heterocycles. The molecule has 6 heteroatoms. The van der Waals surface area contributed by atoms with Gasteiger partial charge in [0, 0.05) is 26.2 Å². The smallest absolute Gasteiger partial charge is 0.204 e. The van der Waals surface area contributed by atoms with Gasteiger partial charge >= 0.3 is 0 Å². The van der Waals surface area contributed by atoms with Crippen molar-refractivity contribution in [3.63, 3.8) is 0 Å². The van der Waals surface area contributed by atoms with Crippen molar-refractivity contribution in [2.75, 3.05) is 38.5 Å². The largest absolute Gasteiger partial charge is 0.496 e. The number of hydrogen-bond donors (Lipinski definition) is 1. The van der Waals surface area contributed by atoms with Gasteiger partial charge in [-0.25, -0.2) is 9.97 Å². The van der Waals surface area contributed by atoms with Gasteiger partial charge in [-0.15, -0.1) is 0 Å². The first-order valence-electron chi connectivity index (χ1n) is 6.61. The number of nitrogens with one attached hydrogen (secondary N) is 1. The Bertz CT molecular complexity index is 604. The summed E-state index contributed by atoms with van der Waals surface area (Å²) in [4.78, 5) is 10.5. The van der Waals surface area contributed by atoms with E-state index in [0.717, 1.165) is 17.1 Å².